The zero-order chi connectivity index (χ0) is 11.3. The van der Waals surface area contributed by atoms with Gasteiger partial charge in [-0.05, 0) is 12.1 Å². The first-order valence-electron chi connectivity index (χ1n) is 4.18. The predicted octanol–water partition coefficient (Wildman–Crippen LogP) is 0.965. The summed E-state index contributed by atoms with van der Waals surface area (Å²) in [5.74, 6) is 5.58. The Kier molecular flexibility index (Phi) is 4.35. The molecule has 0 aromatic heterocycles. The standard InChI is InChI=1S/C8H11N3O3S/c9-10-6-2-1-3-7(15-5-4-12)8(6)11(13)14/h1-3,10,12H,4-5,9H2. The molecule has 15 heavy (non-hydrogen) atoms. The molecule has 7 heteroatoms. The molecule has 0 radical (unpaired) electrons. The summed E-state index contributed by atoms with van der Waals surface area (Å²) in [5.41, 5.74) is 2.49. The summed E-state index contributed by atoms with van der Waals surface area (Å²) in [6, 6.07) is 4.82. The molecule has 0 aliphatic heterocycles. The maximum absolute atomic E-state index is 10.8. The van der Waals surface area contributed by atoms with E-state index in [9.17, 15) is 10.1 Å². The van der Waals surface area contributed by atoms with Crippen LogP contribution in [0.15, 0.2) is 23.1 Å². The van der Waals surface area contributed by atoms with Gasteiger partial charge in [-0.3, -0.25) is 16.0 Å². The van der Waals surface area contributed by atoms with Crippen molar-refractivity contribution in [3.05, 3.63) is 28.3 Å². The number of thioether (sulfide) groups is 1. The van der Waals surface area contributed by atoms with Gasteiger partial charge in [-0.2, -0.15) is 0 Å². The lowest BCUT2D eigenvalue weighted by Crippen LogP contribution is -2.09. The SMILES string of the molecule is NNc1cccc(SCCO)c1[N+](=O)[O-]. The molecular formula is C8H11N3O3S. The van der Waals surface area contributed by atoms with Crippen molar-refractivity contribution >= 4 is 23.1 Å². The lowest BCUT2D eigenvalue weighted by atomic mass is 10.3. The van der Waals surface area contributed by atoms with E-state index in [0.29, 0.717) is 10.6 Å². The molecule has 4 N–H and O–H groups in total. The van der Waals surface area contributed by atoms with Crippen LogP contribution in [0.1, 0.15) is 0 Å². The van der Waals surface area contributed by atoms with Crippen LogP contribution in [0.3, 0.4) is 0 Å². The molecule has 82 valence electrons. The topological polar surface area (TPSA) is 101 Å². The first-order valence-corrected chi connectivity index (χ1v) is 5.17. The summed E-state index contributed by atoms with van der Waals surface area (Å²) in [6.07, 6.45) is 0. The Morgan fingerprint density at radius 1 is 1.60 bits per heavy atom. The number of nitrogens with two attached hydrogens (primary N) is 1. The minimum Gasteiger partial charge on any atom is -0.396 e. The van der Waals surface area contributed by atoms with Crippen molar-refractivity contribution in [3.8, 4) is 0 Å². The van der Waals surface area contributed by atoms with E-state index in [-0.39, 0.29) is 18.0 Å². The Morgan fingerprint density at radius 2 is 2.33 bits per heavy atom. The van der Waals surface area contributed by atoms with Gasteiger partial charge in [0.25, 0.3) is 0 Å². The minimum atomic E-state index is -0.491. The number of nitrogen functional groups attached to an aromatic ring is 1. The highest BCUT2D eigenvalue weighted by atomic mass is 32.2. The Labute approximate surface area is 90.6 Å². The molecule has 1 aromatic rings. The number of nitro groups is 1. The third kappa shape index (κ3) is 2.82. The Balaban J connectivity index is 3.07. The highest BCUT2D eigenvalue weighted by Gasteiger charge is 2.18. The number of para-hydroxylation sites is 1. The van der Waals surface area contributed by atoms with Crippen molar-refractivity contribution in [1.29, 1.82) is 0 Å². The number of aliphatic hydroxyl groups excluding tert-OH is 1. The number of anilines is 1. The van der Waals surface area contributed by atoms with E-state index in [1.54, 1.807) is 12.1 Å². The van der Waals surface area contributed by atoms with Crippen molar-refractivity contribution < 1.29 is 10.0 Å². The fourth-order valence-corrected chi connectivity index (χ4v) is 1.91. The van der Waals surface area contributed by atoms with Gasteiger partial charge in [0.15, 0.2) is 0 Å². The average molecular weight is 229 g/mol. The molecule has 0 bridgehead atoms. The third-order valence-electron chi connectivity index (χ3n) is 1.69. The highest BCUT2D eigenvalue weighted by Crippen LogP contribution is 2.34. The summed E-state index contributed by atoms with van der Waals surface area (Å²) < 4.78 is 0. The van der Waals surface area contributed by atoms with Gasteiger partial charge in [-0.15, -0.1) is 11.8 Å². The number of nitrogens with one attached hydrogen (secondary N) is 1. The number of hydrazine groups is 1. The van der Waals surface area contributed by atoms with Crippen LogP contribution in [0.2, 0.25) is 0 Å². The number of rotatable bonds is 5. The number of hydrogen-bond donors (Lipinski definition) is 3. The third-order valence-corrected chi connectivity index (χ3v) is 2.71. The predicted molar refractivity (Wildman–Crippen MR) is 58.7 cm³/mol. The minimum absolute atomic E-state index is 0.0257. The molecule has 0 amide bonds. The number of aliphatic hydroxyl groups is 1. The number of nitrogens with zero attached hydrogens (tertiary/aromatic N) is 1. The molecule has 0 unspecified atom stereocenters. The molecule has 0 aliphatic carbocycles. The van der Waals surface area contributed by atoms with E-state index in [1.807, 2.05) is 0 Å². The molecule has 0 saturated heterocycles. The van der Waals surface area contributed by atoms with Crippen LogP contribution < -0.4 is 11.3 Å². The van der Waals surface area contributed by atoms with Crippen LogP contribution >= 0.6 is 11.8 Å². The van der Waals surface area contributed by atoms with Crippen LogP contribution in [0.4, 0.5) is 11.4 Å². The van der Waals surface area contributed by atoms with Crippen LogP contribution in [0.25, 0.3) is 0 Å². The molecule has 0 fully saturated rings. The second kappa shape index (κ2) is 5.54. The van der Waals surface area contributed by atoms with Crippen molar-refractivity contribution in [3.63, 3.8) is 0 Å². The molecule has 0 heterocycles. The van der Waals surface area contributed by atoms with Gasteiger partial charge in [0, 0.05) is 5.75 Å². The van der Waals surface area contributed by atoms with E-state index < -0.39 is 4.92 Å². The second-order valence-corrected chi connectivity index (χ2v) is 3.76. The molecule has 6 nitrogen and oxygen atoms in total. The summed E-state index contributed by atoms with van der Waals surface area (Å²) >= 11 is 1.22. The Bertz CT molecular complexity index is 359. The van der Waals surface area contributed by atoms with Gasteiger partial charge in [0.05, 0.1) is 16.4 Å². The Hall–Kier alpha value is -1.31. The van der Waals surface area contributed by atoms with E-state index in [2.05, 4.69) is 5.43 Å². The zero-order valence-electron chi connectivity index (χ0n) is 7.84. The molecule has 0 spiro atoms. The summed E-state index contributed by atoms with van der Waals surface area (Å²) in [4.78, 5) is 10.8. The lowest BCUT2D eigenvalue weighted by Gasteiger charge is -2.05. The summed E-state index contributed by atoms with van der Waals surface area (Å²) in [7, 11) is 0. The Morgan fingerprint density at radius 3 is 2.87 bits per heavy atom. The zero-order valence-corrected chi connectivity index (χ0v) is 8.66. The number of nitro benzene ring substituents is 1. The van der Waals surface area contributed by atoms with Crippen LogP contribution in [-0.2, 0) is 0 Å². The average Bonchev–Trinajstić information content (AvgIpc) is 2.25. The maximum atomic E-state index is 10.8. The van der Waals surface area contributed by atoms with E-state index in [0.717, 1.165) is 0 Å². The number of benzene rings is 1. The molecule has 0 aliphatic rings. The smallest absolute Gasteiger partial charge is 0.307 e. The van der Waals surface area contributed by atoms with Crippen LogP contribution in [0, 0.1) is 10.1 Å². The molecule has 0 atom stereocenters. The molecule has 1 aromatic carbocycles. The van der Waals surface area contributed by atoms with Crippen LogP contribution in [0.5, 0.6) is 0 Å². The first kappa shape index (κ1) is 11.8. The quantitative estimate of drug-likeness (QED) is 0.301. The fourth-order valence-electron chi connectivity index (χ4n) is 1.10. The first-order chi connectivity index (χ1) is 7.20. The fraction of sp³-hybridized carbons (Fsp3) is 0.250. The van der Waals surface area contributed by atoms with Gasteiger partial charge in [-0.1, -0.05) is 6.07 Å². The van der Waals surface area contributed by atoms with Gasteiger partial charge in [0.1, 0.15) is 5.69 Å². The monoisotopic (exact) mass is 229 g/mol. The lowest BCUT2D eigenvalue weighted by molar-refractivity contribution is -0.386. The van der Waals surface area contributed by atoms with Gasteiger partial charge in [0.2, 0.25) is 0 Å². The number of hydrogen-bond acceptors (Lipinski definition) is 6. The largest absolute Gasteiger partial charge is 0.396 e. The van der Waals surface area contributed by atoms with E-state index in [4.69, 9.17) is 10.9 Å². The van der Waals surface area contributed by atoms with E-state index in [1.165, 1.54) is 17.8 Å². The van der Waals surface area contributed by atoms with Gasteiger partial charge < -0.3 is 10.5 Å². The van der Waals surface area contributed by atoms with Crippen molar-refractivity contribution in [2.45, 2.75) is 4.90 Å². The summed E-state index contributed by atoms with van der Waals surface area (Å²) in [5, 5.41) is 19.5. The van der Waals surface area contributed by atoms with Crippen molar-refractivity contribution in [1.82, 2.24) is 0 Å². The van der Waals surface area contributed by atoms with E-state index >= 15 is 0 Å². The normalized spacial score (nSPS) is 10.0. The van der Waals surface area contributed by atoms with Crippen molar-refractivity contribution in [2.75, 3.05) is 17.8 Å². The van der Waals surface area contributed by atoms with Crippen LogP contribution in [-0.4, -0.2) is 22.4 Å². The van der Waals surface area contributed by atoms with Gasteiger partial charge >= 0.3 is 5.69 Å². The summed E-state index contributed by atoms with van der Waals surface area (Å²) in [6.45, 7) is -0.0257. The highest BCUT2D eigenvalue weighted by molar-refractivity contribution is 7.99. The molecule has 1 rings (SSSR count). The molecular weight excluding hydrogens is 218 g/mol. The maximum Gasteiger partial charge on any atom is 0.307 e. The van der Waals surface area contributed by atoms with Gasteiger partial charge in [-0.25, -0.2) is 0 Å². The van der Waals surface area contributed by atoms with Crippen molar-refractivity contribution in [2.24, 2.45) is 5.84 Å². The molecule has 0 saturated carbocycles. The second-order valence-electron chi connectivity index (χ2n) is 2.63.